The maximum atomic E-state index is 14.5. The number of unbranched alkanes of at least 4 members (excludes halogenated alkanes) is 1. The number of fused-ring (bicyclic) bond motifs is 2. The summed E-state index contributed by atoms with van der Waals surface area (Å²) < 4.78 is 12.2. The standard InChI is InChI=1S/C32H35N3O6/c1-31-16-8-19-33(22-10-4-3-5-11-22)28(37)25(31)26-29(38)35(18-6-7-21-36)27-30(39)34(20-9-17-32(26,27)41-31)23-12-14-24(40-2)15-13-23/h3-5,8-17,25-27,36H,6-7,18-21H2,1-2H3/t25-,26+,27?,31+,32+/m1/s1. The van der Waals surface area contributed by atoms with Gasteiger partial charge in [-0.3, -0.25) is 14.4 Å². The van der Waals surface area contributed by atoms with Gasteiger partial charge in [-0.2, -0.15) is 0 Å². The van der Waals surface area contributed by atoms with Crippen molar-refractivity contribution >= 4 is 29.1 Å². The highest BCUT2D eigenvalue weighted by atomic mass is 16.5. The minimum atomic E-state index is -1.33. The third-order valence-electron chi connectivity index (χ3n) is 8.82. The lowest BCUT2D eigenvalue weighted by atomic mass is 9.74. The summed E-state index contributed by atoms with van der Waals surface area (Å²) in [5.74, 6) is -1.78. The van der Waals surface area contributed by atoms with E-state index in [1.54, 1.807) is 33.9 Å². The summed E-state index contributed by atoms with van der Waals surface area (Å²) in [5.41, 5.74) is -0.995. The molecule has 0 aliphatic carbocycles. The van der Waals surface area contributed by atoms with Crippen molar-refractivity contribution in [1.82, 2.24) is 4.90 Å². The summed E-state index contributed by atoms with van der Waals surface area (Å²) in [7, 11) is 1.58. The molecule has 0 saturated carbocycles. The van der Waals surface area contributed by atoms with Gasteiger partial charge in [-0.25, -0.2) is 0 Å². The molecule has 1 N–H and O–H groups in total. The van der Waals surface area contributed by atoms with Gasteiger partial charge in [-0.15, -0.1) is 0 Å². The van der Waals surface area contributed by atoms with Gasteiger partial charge in [0.1, 0.15) is 17.4 Å². The number of likely N-dealkylation sites (tertiary alicyclic amines) is 1. The number of aliphatic hydroxyl groups excluding tert-OH is 1. The summed E-state index contributed by atoms with van der Waals surface area (Å²) in [4.78, 5) is 48.1. The fourth-order valence-electron chi connectivity index (χ4n) is 6.99. The second-order valence-corrected chi connectivity index (χ2v) is 11.2. The van der Waals surface area contributed by atoms with Crippen LogP contribution in [0.5, 0.6) is 5.75 Å². The molecule has 4 heterocycles. The molecule has 1 spiro atoms. The van der Waals surface area contributed by atoms with Crippen molar-refractivity contribution in [3.63, 3.8) is 0 Å². The summed E-state index contributed by atoms with van der Waals surface area (Å²) in [5, 5.41) is 9.44. The molecule has 4 aliphatic heterocycles. The molecule has 41 heavy (non-hydrogen) atoms. The normalized spacial score (nSPS) is 30.7. The SMILES string of the molecule is COc1ccc(N2CC=C[C@]34O[C@@]5(C)C=CCN(c6ccccc6)C(=O)[C@H]5[C@H]3C(=O)N(CCCCO)C4C2=O)cc1. The molecule has 214 valence electrons. The molecule has 2 aromatic carbocycles. The topological polar surface area (TPSA) is 99.6 Å². The molecule has 0 radical (unpaired) electrons. The van der Waals surface area contributed by atoms with Crippen LogP contribution in [-0.4, -0.2) is 78.3 Å². The number of hydrogen-bond acceptors (Lipinski definition) is 6. The van der Waals surface area contributed by atoms with E-state index in [0.29, 0.717) is 37.4 Å². The Morgan fingerprint density at radius 3 is 2.20 bits per heavy atom. The van der Waals surface area contributed by atoms with Crippen molar-refractivity contribution in [3.8, 4) is 5.75 Å². The number of nitrogens with zero attached hydrogens (tertiary/aromatic N) is 3. The molecule has 6 rings (SSSR count). The van der Waals surface area contributed by atoms with E-state index in [9.17, 15) is 19.5 Å². The predicted molar refractivity (Wildman–Crippen MR) is 153 cm³/mol. The highest BCUT2D eigenvalue weighted by molar-refractivity contribution is 6.07. The minimum absolute atomic E-state index is 0.0143. The van der Waals surface area contributed by atoms with Crippen molar-refractivity contribution in [3.05, 3.63) is 78.9 Å². The van der Waals surface area contributed by atoms with E-state index in [2.05, 4.69) is 0 Å². The molecular formula is C32H35N3O6. The average Bonchev–Trinajstić information content (AvgIpc) is 3.24. The van der Waals surface area contributed by atoms with Crippen LogP contribution >= 0.6 is 0 Å². The molecule has 2 fully saturated rings. The first-order valence-corrected chi connectivity index (χ1v) is 14.1. The zero-order chi connectivity index (χ0) is 28.8. The van der Waals surface area contributed by atoms with E-state index in [1.165, 1.54) is 0 Å². The van der Waals surface area contributed by atoms with E-state index in [1.807, 2.05) is 73.7 Å². The van der Waals surface area contributed by atoms with E-state index >= 15 is 0 Å². The molecule has 4 aliphatic rings. The van der Waals surface area contributed by atoms with Crippen molar-refractivity contribution in [2.24, 2.45) is 11.8 Å². The Morgan fingerprint density at radius 2 is 1.51 bits per heavy atom. The van der Waals surface area contributed by atoms with Crippen LogP contribution in [-0.2, 0) is 19.1 Å². The molecular weight excluding hydrogens is 522 g/mol. The lowest BCUT2D eigenvalue weighted by molar-refractivity contribution is -0.144. The number of hydrogen-bond donors (Lipinski definition) is 1. The van der Waals surface area contributed by atoms with E-state index in [4.69, 9.17) is 9.47 Å². The third kappa shape index (κ3) is 4.26. The Kier molecular flexibility index (Phi) is 6.95. The largest absolute Gasteiger partial charge is 0.497 e. The number of carbonyl (C=O) groups is 3. The van der Waals surface area contributed by atoms with Gasteiger partial charge in [0.25, 0.3) is 5.91 Å². The van der Waals surface area contributed by atoms with Crippen LogP contribution in [0.3, 0.4) is 0 Å². The Labute approximate surface area is 239 Å². The first-order valence-electron chi connectivity index (χ1n) is 14.1. The fraction of sp³-hybridized carbons (Fsp3) is 0.406. The van der Waals surface area contributed by atoms with E-state index in [0.717, 1.165) is 5.69 Å². The maximum Gasteiger partial charge on any atom is 0.253 e. The summed E-state index contributed by atoms with van der Waals surface area (Å²) in [6, 6.07) is 15.7. The van der Waals surface area contributed by atoms with Gasteiger partial charge in [0.2, 0.25) is 11.8 Å². The van der Waals surface area contributed by atoms with Crippen LogP contribution in [0.15, 0.2) is 78.9 Å². The minimum Gasteiger partial charge on any atom is -0.497 e. The lowest BCUT2D eigenvalue weighted by Gasteiger charge is -2.37. The number of aliphatic hydroxyl groups is 1. The predicted octanol–water partition coefficient (Wildman–Crippen LogP) is 2.94. The van der Waals surface area contributed by atoms with Gasteiger partial charge >= 0.3 is 0 Å². The van der Waals surface area contributed by atoms with E-state index in [-0.39, 0.29) is 30.9 Å². The van der Waals surface area contributed by atoms with Crippen molar-refractivity contribution in [2.45, 2.75) is 37.0 Å². The summed E-state index contributed by atoms with van der Waals surface area (Å²) in [6.45, 7) is 2.75. The van der Waals surface area contributed by atoms with Gasteiger partial charge in [-0.1, -0.05) is 42.5 Å². The van der Waals surface area contributed by atoms with Gasteiger partial charge in [-0.05, 0) is 56.2 Å². The Balaban J connectivity index is 1.44. The molecule has 9 nitrogen and oxygen atoms in total. The molecule has 1 unspecified atom stereocenters. The zero-order valence-corrected chi connectivity index (χ0v) is 23.3. The third-order valence-corrected chi connectivity index (χ3v) is 8.82. The highest BCUT2D eigenvalue weighted by Gasteiger charge is 2.74. The van der Waals surface area contributed by atoms with Crippen LogP contribution < -0.4 is 14.5 Å². The molecule has 0 bridgehead atoms. The zero-order valence-electron chi connectivity index (χ0n) is 23.3. The van der Waals surface area contributed by atoms with Gasteiger partial charge in [0, 0.05) is 37.6 Å². The molecule has 2 saturated heterocycles. The number of para-hydroxylation sites is 1. The molecule has 5 atom stereocenters. The molecule has 0 aromatic heterocycles. The Bertz CT molecular complexity index is 1390. The van der Waals surface area contributed by atoms with Crippen LogP contribution in [0.2, 0.25) is 0 Å². The molecule has 9 heteroatoms. The van der Waals surface area contributed by atoms with Crippen LogP contribution in [0.4, 0.5) is 11.4 Å². The molecule has 2 aromatic rings. The first-order chi connectivity index (χ1) is 19.8. The van der Waals surface area contributed by atoms with Crippen LogP contribution in [0, 0.1) is 11.8 Å². The fourth-order valence-corrected chi connectivity index (χ4v) is 6.99. The van der Waals surface area contributed by atoms with Crippen molar-refractivity contribution in [2.75, 3.05) is 43.2 Å². The number of anilines is 2. The lowest BCUT2D eigenvalue weighted by Crippen LogP contribution is -2.56. The number of benzene rings is 2. The highest BCUT2D eigenvalue weighted by Crippen LogP contribution is 2.57. The number of amides is 3. The van der Waals surface area contributed by atoms with Gasteiger partial charge < -0.3 is 29.3 Å². The van der Waals surface area contributed by atoms with E-state index < -0.39 is 29.1 Å². The van der Waals surface area contributed by atoms with Gasteiger partial charge in [0.05, 0.1) is 24.5 Å². The van der Waals surface area contributed by atoms with Crippen LogP contribution in [0.25, 0.3) is 0 Å². The summed E-state index contributed by atoms with van der Waals surface area (Å²) in [6.07, 6.45) is 8.53. The molecule has 3 amide bonds. The van der Waals surface area contributed by atoms with Crippen molar-refractivity contribution < 1.29 is 29.0 Å². The number of methoxy groups -OCH3 is 1. The first kappa shape index (κ1) is 27.2. The van der Waals surface area contributed by atoms with Crippen molar-refractivity contribution in [1.29, 1.82) is 0 Å². The van der Waals surface area contributed by atoms with Crippen LogP contribution in [0.1, 0.15) is 19.8 Å². The van der Waals surface area contributed by atoms with Gasteiger partial charge in [0.15, 0.2) is 0 Å². The smallest absolute Gasteiger partial charge is 0.253 e. The summed E-state index contributed by atoms with van der Waals surface area (Å²) >= 11 is 0. The number of carbonyl (C=O) groups excluding carboxylic acids is 3. The number of rotatable bonds is 7. The maximum absolute atomic E-state index is 14.5. The Morgan fingerprint density at radius 1 is 0.854 bits per heavy atom. The second-order valence-electron chi connectivity index (χ2n) is 11.2. The number of ether oxygens (including phenoxy) is 2. The monoisotopic (exact) mass is 557 g/mol. The second kappa shape index (κ2) is 10.5. The quantitative estimate of drug-likeness (QED) is 0.415. The average molecular weight is 558 g/mol. The Hall–Kier alpha value is -3.95.